The number of nitrogens with zero attached hydrogens (tertiary/aromatic N) is 1. The molecule has 1 aromatic rings. The molecule has 0 fully saturated rings. The van der Waals surface area contributed by atoms with Crippen molar-refractivity contribution in [2.75, 3.05) is 12.3 Å². The summed E-state index contributed by atoms with van der Waals surface area (Å²) in [6.07, 6.45) is 6.41. The summed E-state index contributed by atoms with van der Waals surface area (Å²) < 4.78 is 0. The van der Waals surface area contributed by atoms with E-state index in [1.807, 2.05) is 25.1 Å². The van der Waals surface area contributed by atoms with Gasteiger partial charge in [-0.25, -0.2) is 0 Å². The average molecular weight is 219 g/mol. The van der Waals surface area contributed by atoms with Gasteiger partial charge in [0, 0.05) is 19.2 Å². The van der Waals surface area contributed by atoms with E-state index in [1.165, 1.54) is 6.92 Å². The maximum atomic E-state index is 10.6. The minimum atomic E-state index is -0.00444. The second-order valence-corrected chi connectivity index (χ2v) is 3.62. The molecule has 1 rings (SSSR count). The van der Waals surface area contributed by atoms with Gasteiger partial charge in [0.1, 0.15) is 0 Å². The molecule has 1 amide bonds. The molecule has 4 heteroatoms. The number of carbonyl (C=O) groups excluding carboxylic acids is 1. The summed E-state index contributed by atoms with van der Waals surface area (Å²) in [5, 5.41) is 2.73. The number of carbonyl (C=O) groups is 1. The molecule has 0 aliphatic carbocycles. The molecule has 0 aliphatic heterocycles. The van der Waals surface area contributed by atoms with Gasteiger partial charge >= 0.3 is 0 Å². The third-order valence-electron chi connectivity index (χ3n) is 2.13. The summed E-state index contributed by atoms with van der Waals surface area (Å²) in [5.74, 6) is -0.00444. The summed E-state index contributed by atoms with van der Waals surface area (Å²) >= 11 is 0. The van der Waals surface area contributed by atoms with Gasteiger partial charge in [-0.05, 0) is 25.0 Å². The number of nitrogens with one attached hydrogen (secondary N) is 1. The number of nitrogens with two attached hydrogens (primary N) is 1. The lowest BCUT2D eigenvalue weighted by molar-refractivity contribution is -0.118. The summed E-state index contributed by atoms with van der Waals surface area (Å²) in [6.45, 7) is 4.10. The molecule has 3 N–H and O–H groups in total. The Morgan fingerprint density at radius 1 is 1.62 bits per heavy atom. The van der Waals surface area contributed by atoms with E-state index in [4.69, 9.17) is 5.73 Å². The van der Waals surface area contributed by atoms with Crippen LogP contribution < -0.4 is 11.1 Å². The standard InChI is InChI=1S/C12H17N3O/c1-9-11(7-12(13)8-15-9)5-3-4-6-14-10(2)16/h3,5,7-8H,4,6,13H2,1-2H3,(H,14,16). The van der Waals surface area contributed by atoms with Gasteiger partial charge in [0.25, 0.3) is 0 Å². The first-order chi connectivity index (χ1) is 7.59. The molecule has 0 bridgehead atoms. The van der Waals surface area contributed by atoms with Crippen molar-refractivity contribution in [3.8, 4) is 0 Å². The molecule has 0 aliphatic rings. The Morgan fingerprint density at radius 3 is 3.06 bits per heavy atom. The van der Waals surface area contributed by atoms with Gasteiger partial charge < -0.3 is 11.1 Å². The first-order valence-corrected chi connectivity index (χ1v) is 5.22. The summed E-state index contributed by atoms with van der Waals surface area (Å²) in [5.41, 5.74) is 8.27. The number of hydrogen-bond donors (Lipinski definition) is 2. The Bertz CT molecular complexity index is 399. The Morgan fingerprint density at radius 2 is 2.38 bits per heavy atom. The van der Waals surface area contributed by atoms with Crippen LogP contribution in [0.4, 0.5) is 5.69 Å². The van der Waals surface area contributed by atoms with Crippen LogP contribution in [0.25, 0.3) is 6.08 Å². The molecule has 0 unspecified atom stereocenters. The Hall–Kier alpha value is -1.84. The smallest absolute Gasteiger partial charge is 0.216 e. The average Bonchev–Trinajstić information content (AvgIpc) is 2.22. The first-order valence-electron chi connectivity index (χ1n) is 5.22. The van der Waals surface area contributed by atoms with Crippen molar-refractivity contribution in [2.24, 2.45) is 0 Å². The Labute approximate surface area is 95.6 Å². The molecule has 86 valence electrons. The number of hydrogen-bond acceptors (Lipinski definition) is 3. The molecule has 16 heavy (non-hydrogen) atoms. The Balaban J connectivity index is 2.49. The number of nitrogen functional groups attached to an aromatic ring is 1. The van der Waals surface area contributed by atoms with Gasteiger partial charge in [-0.3, -0.25) is 9.78 Å². The SMILES string of the molecule is CC(=O)NCCC=Cc1cc(N)cnc1C. The van der Waals surface area contributed by atoms with Crippen LogP contribution in [0.5, 0.6) is 0 Å². The lowest BCUT2D eigenvalue weighted by Gasteiger charge is -2.01. The van der Waals surface area contributed by atoms with Crippen LogP contribution in [0, 0.1) is 6.92 Å². The van der Waals surface area contributed by atoms with E-state index >= 15 is 0 Å². The molecule has 1 aromatic heterocycles. The fourth-order valence-corrected chi connectivity index (χ4v) is 1.28. The number of amides is 1. The van der Waals surface area contributed by atoms with Crippen LogP contribution >= 0.6 is 0 Å². The van der Waals surface area contributed by atoms with Crippen molar-refractivity contribution in [3.05, 3.63) is 29.6 Å². The molecule has 0 spiro atoms. The summed E-state index contributed by atoms with van der Waals surface area (Å²) in [4.78, 5) is 14.8. The molecule has 4 nitrogen and oxygen atoms in total. The quantitative estimate of drug-likeness (QED) is 0.754. The summed E-state index contributed by atoms with van der Waals surface area (Å²) in [7, 11) is 0. The fraction of sp³-hybridized carbons (Fsp3) is 0.333. The van der Waals surface area contributed by atoms with Gasteiger partial charge in [0.2, 0.25) is 5.91 Å². The van der Waals surface area contributed by atoms with Crippen LogP contribution in [0.2, 0.25) is 0 Å². The molecule has 0 atom stereocenters. The van der Waals surface area contributed by atoms with E-state index in [9.17, 15) is 4.79 Å². The van der Waals surface area contributed by atoms with Crippen molar-refractivity contribution in [1.82, 2.24) is 10.3 Å². The van der Waals surface area contributed by atoms with Crippen LogP contribution in [-0.4, -0.2) is 17.4 Å². The largest absolute Gasteiger partial charge is 0.397 e. The highest BCUT2D eigenvalue weighted by molar-refractivity contribution is 5.72. The zero-order valence-corrected chi connectivity index (χ0v) is 9.66. The normalized spacial score (nSPS) is 10.6. The van der Waals surface area contributed by atoms with Crippen LogP contribution in [0.15, 0.2) is 18.3 Å². The maximum Gasteiger partial charge on any atom is 0.216 e. The van der Waals surface area contributed by atoms with Gasteiger partial charge in [-0.1, -0.05) is 12.2 Å². The van der Waals surface area contributed by atoms with E-state index in [-0.39, 0.29) is 5.91 Å². The van der Waals surface area contributed by atoms with Crippen molar-refractivity contribution in [1.29, 1.82) is 0 Å². The third-order valence-corrected chi connectivity index (χ3v) is 2.13. The van der Waals surface area contributed by atoms with Gasteiger partial charge in [0.15, 0.2) is 0 Å². The van der Waals surface area contributed by atoms with E-state index < -0.39 is 0 Å². The van der Waals surface area contributed by atoms with Crippen LogP contribution in [0.3, 0.4) is 0 Å². The Kier molecular flexibility index (Phi) is 4.51. The number of aryl methyl sites for hydroxylation is 1. The minimum absolute atomic E-state index is 0.00444. The number of aromatic nitrogens is 1. The highest BCUT2D eigenvalue weighted by Crippen LogP contribution is 2.11. The highest BCUT2D eigenvalue weighted by atomic mass is 16.1. The number of rotatable bonds is 4. The van der Waals surface area contributed by atoms with E-state index in [2.05, 4.69) is 10.3 Å². The molecule has 0 radical (unpaired) electrons. The monoisotopic (exact) mass is 219 g/mol. The predicted molar refractivity (Wildman–Crippen MR) is 65.7 cm³/mol. The minimum Gasteiger partial charge on any atom is -0.397 e. The molecule has 0 saturated heterocycles. The number of pyridine rings is 1. The molecular formula is C12H17N3O. The second kappa shape index (κ2) is 5.90. The first kappa shape index (κ1) is 12.2. The van der Waals surface area contributed by atoms with E-state index in [0.717, 1.165) is 17.7 Å². The van der Waals surface area contributed by atoms with Gasteiger partial charge in [0.05, 0.1) is 11.9 Å². The number of anilines is 1. The van der Waals surface area contributed by atoms with Crippen molar-refractivity contribution in [2.45, 2.75) is 20.3 Å². The van der Waals surface area contributed by atoms with Crippen LogP contribution in [-0.2, 0) is 4.79 Å². The van der Waals surface area contributed by atoms with Crippen molar-refractivity contribution < 1.29 is 4.79 Å². The van der Waals surface area contributed by atoms with E-state index in [1.54, 1.807) is 6.20 Å². The van der Waals surface area contributed by atoms with Crippen molar-refractivity contribution >= 4 is 17.7 Å². The van der Waals surface area contributed by atoms with Gasteiger partial charge in [-0.15, -0.1) is 0 Å². The lowest BCUT2D eigenvalue weighted by atomic mass is 10.1. The second-order valence-electron chi connectivity index (χ2n) is 3.62. The van der Waals surface area contributed by atoms with E-state index in [0.29, 0.717) is 12.2 Å². The maximum absolute atomic E-state index is 10.6. The molecule has 0 saturated carbocycles. The van der Waals surface area contributed by atoms with Crippen LogP contribution in [0.1, 0.15) is 24.6 Å². The molecule has 1 heterocycles. The highest BCUT2D eigenvalue weighted by Gasteiger charge is 1.95. The fourth-order valence-electron chi connectivity index (χ4n) is 1.28. The predicted octanol–water partition coefficient (Wildman–Crippen LogP) is 1.51. The van der Waals surface area contributed by atoms with Gasteiger partial charge in [-0.2, -0.15) is 0 Å². The zero-order valence-electron chi connectivity index (χ0n) is 9.66. The lowest BCUT2D eigenvalue weighted by Crippen LogP contribution is -2.20. The zero-order chi connectivity index (χ0) is 12.0. The summed E-state index contributed by atoms with van der Waals surface area (Å²) in [6, 6.07) is 1.89. The third kappa shape index (κ3) is 4.13. The topological polar surface area (TPSA) is 68.0 Å². The molecule has 0 aromatic carbocycles. The van der Waals surface area contributed by atoms with Crippen molar-refractivity contribution in [3.63, 3.8) is 0 Å². The molecular weight excluding hydrogens is 202 g/mol.